The summed E-state index contributed by atoms with van der Waals surface area (Å²) in [6.45, 7) is 5.75. The van der Waals surface area contributed by atoms with Crippen LogP contribution in [0.3, 0.4) is 0 Å². The lowest BCUT2D eigenvalue weighted by atomic mass is 10.2. The van der Waals surface area contributed by atoms with Crippen LogP contribution in [0.25, 0.3) is 21.5 Å². The molecular formula is C17H15N3O3S2. The summed E-state index contributed by atoms with van der Waals surface area (Å²) in [7, 11) is 0. The predicted molar refractivity (Wildman–Crippen MR) is 98.2 cm³/mol. The number of furan rings is 1. The van der Waals surface area contributed by atoms with Crippen molar-refractivity contribution in [3.05, 3.63) is 51.4 Å². The Morgan fingerprint density at radius 1 is 1.32 bits per heavy atom. The second-order valence-corrected chi connectivity index (χ2v) is 7.79. The molecular weight excluding hydrogens is 358 g/mol. The lowest BCUT2D eigenvalue weighted by Gasteiger charge is -2.07. The second kappa shape index (κ2) is 6.20. The van der Waals surface area contributed by atoms with Crippen molar-refractivity contribution in [3.63, 3.8) is 0 Å². The van der Waals surface area contributed by atoms with Gasteiger partial charge in [-0.15, -0.1) is 11.3 Å². The van der Waals surface area contributed by atoms with E-state index in [1.807, 2.05) is 32.2 Å². The zero-order chi connectivity index (χ0) is 17.6. The zero-order valence-corrected chi connectivity index (χ0v) is 15.5. The Hall–Kier alpha value is -2.32. The number of aryl methyl sites for hydroxylation is 2. The lowest BCUT2D eigenvalue weighted by molar-refractivity contribution is 0.430. The number of rotatable bonds is 4. The summed E-state index contributed by atoms with van der Waals surface area (Å²) in [5.74, 6) is 2.07. The number of thiophene rings is 1. The van der Waals surface area contributed by atoms with Crippen LogP contribution in [0.4, 0.5) is 0 Å². The average Bonchev–Trinajstić information content (AvgIpc) is 3.28. The molecule has 4 aromatic rings. The van der Waals surface area contributed by atoms with Crippen LogP contribution in [0.1, 0.15) is 29.5 Å². The van der Waals surface area contributed by atoms with Crippen molar-refractivity contribution in [1.82, 2.24) is 15.0 Å². The Morgan fingerprint density at radius 3 is 2.84 bits per heavy atom. The smallest absolute Gasteiger partial charge is 0.260 e. The quantitative estimate of drug-likeness (QED) is 0.522. The first-order valence-electron chi connectivity index (χ1n) is 7.69. The molecule has 0 aliphatic heterocycles. The Labute approximate surface area is 151 Å². The number of nitrogens with one attached hydrogen (secondary N) is 1. The monoisotopic (exact) mass is 373 g/mol. The Morgan fingerprint density at radius 2 is 2.16 bits per heavy atom. The highest BCUT2D eigenvalue weighted by atomic mass is 32.2. The van der Waals surface area contributed by atoms with Gasteiger partial charge in [-0.3, -0.25) is 4.79 Å². The van der Waals surface area contributed by atoms with Gasteiger partial charge in [-0.25, -0.2) is 9.97 Å². The van der Waals surface area contributed by atoms with Crippen molar-refractivity contribution in [3.8, 4) is 11.3 Å². The molecule has 8 heteroatoms. The van der Waals surface area contributed by atoms with Crippen LogP contribution in [-0.4, -0.2) is 15.0 Å². The predicted octanol–water partition coefficient (Wildman–Crippen LogP) is 4.70. The van der Waals surface area contributed by atoms with E-state index in [2.05, 4.69) is 15.0 Å². The number of oxazole rings is 1. The Balaban J connectivity index is 1.70. The maximum absolute atomic E-state index is 12.6. The van der Waals surface area contributed by atoms with E-state index in [1.54, 1.807) is 12.3 Å². The highest BCUT2D eigenvalue weighted by Crippen LogP contribution is 2.35. The number of hydrogen-bond acceptors (Lipinski definition) is 7. The van der Waals surface area contributed by atoms with E-state index in [0.717, 1.165) is 17.0 Å². The number of nitrogens with zero attached hydrogens (tertiary/aromatic N) is 2. The first-order chi connectivity index (χ1) is 12.0. The van der Waals surface area contributed by atoms with Gasteiger partial charge in [0.1, 0.15) is 22.2 Å². The summed E-state index contributed by atoms with van der Waals surface area (Å²) in [6.07, 6.45) is 1.59. The van der Waals surface area contributed by atoms with E-state index in [4.69, 9.17) is 8.83 Å². The Kier molecular flexibility index (Phi) is 4.01. The normalized spacial score (nSPS) is 12.8. The first kappa shape index (κ1) is 16.2. The molecule has 0 aromatic carbocycles. The number of thioether (sulfide) groups is 1. The molecule has 25 heavy (non-hydrogen) atoms. The molecule has 0 aliphatic rings. The highest BCUT2D eigenvalue weighted by molar-refractivity contribution is 7.99. The zero-order valence-electron chi connectivity index (χ0n) is 13.8. The van der Waals surface area contributed by atoms with E-state index >= 15 is 0 Å². The highest BCUT2D eigenvalue weighted by Gasteiger charge is 2.19. The summed E-state index contributed by atoms with van der Waals surface area (Å²) in [5, 5.41) is 2.94. The van der Waals surface area contributed by atoms with Crippen molar-refractivity contribution in [1.29, 1.82) is 0 Å². The minimum atomic E-state index is -0.167. The number of fused-ring (bicyclic) bond motifs is 1. The van der Waals surface area contributed by atoms with Crippen LogP contribution in [0.5, 0.6) is 0 Å². The number of H-pyrrole nitrogens is 1. The van der Waals surface area contributed by atoms with Crippen LogP contribution < -0.4 is 5.56 Å². The molecule has 0 fully saturated rings. The van der Waals surface area contributed by atoms with E-state index < -0.39 is 0 Å². The summed E-state index contributed by atoms with van der Waals surface area (Å²) < 4.78 is 11.0. The average molecular weight is 373 g/mol. The molecule has 4 aromatic heterocycles. The van der Waals surface area contributed by atoms with Crippen LogP contribution in [0.15, 0.2) is 42.6 Å². The first-order valence-corrected chi connectivity index (χ1v) is 9.45. The molecule has 1 unspecified atom stereocenters. The van der Waals surface area contributed by atoms with Crippen molar-refractivity contribution < 1.29 is 8.83 Å². The minimum Gasteiger partial charge on any atom is -0.464 e. The van der Waals surface area contributed by atoms with E-state index in [-0.39, 0.29) is 10.8 Å². The summed E-state index contributed by atoms with van der Waals surface area (Å²) >= 11 is 2.86. The summed E-state index contributed by atoms with van der Waals surface area (Å²) in [4.78, 5) is 25.2. The van der Waals surface area contributed by atoms with E-state index in [9.17, 15) is 4.79 Å². The number of hydrogen-bond donors (Lipinski definition) is 1. The van der Waals surface area contributed by atoms with Gasteiger partial charge in [-0.1, -0.05) is 11.8 Å². The van der Waals surface area contributed by atoms with E-state index in [0.29, 0.717) is 27.0 Å². The molecule has 0 radical (unpaired) electrons. The van der Waals surface area contributed by atoms with Gasteiger partial charge in [0.2, 0.25) is 0 Å². The third-order valence-corrected chi connectivity index (χ3v) is 5.75. The molecule has 0 bridgehead atoms. The number of aromatic amines is 1. The van der Waals surface area contributed by atoms with Gasteiger partial charge in [0, 0.05) is 10.9 Å². The summed E-state index contributed by atoms with van der Waals surface area (Å²) in [5.41, 5.74) is 1.47. The lowest BCUT2D eigenvalue weighted by Crippen LogP contribution is -2.12. The Bertz CT molecular complexity index is 1070. The molecule has 6 nitrogen and oxygen atoms in total. The van der Waals surface area contributed by atoms with Gasteiger partial charge >= 0.3 is 0 Å². The molecule has 0 amide bonds. The van der Waals surface area contributed by atoms with Crippen LogP contribution >= 0.6 is 23.1 Å². The van der Waals surface area contributed by atoms with Gasteiger partial charge in [-0.2, -0.15) is 0 Å². The maximum Gasteiger partial charge on any atom is 0.260 e. The SMILES string of the molecule is Cc1nc(SC(C)c2nc3scc(-c4ccco4)c3c(=O)[nH]2)oc1C. The number of aromatic nitrogens is 3. The fourth-order valence-electron chi connectivity index (χ4n) is 2.47. The van der Waals surface area contributed by atoms with Crippen LogP contribution in [-0.2, 0) is 0 Å². The van der Waals surface area contributed by atoms with Crippen molar-refractivity contribution in [2.24, 2.45) is 0 Å². The van der Waals surface area contributed by atoms with Gasteiger partial charge < -0.3 is 13.8 Å². The van der Waals surface area contributed by atoms with Gasteiger partial charge in [0.25, 0.3) is 10.8 Å². The van der Waals surface area contributed by atoms with Gasteiger partial charge in [-0.05, 0) is 32.9 Å². The third kappa shape index (κ3) is 2.91. The van der Waals surface area contributed by atoms with Crippen LogP contribution in [0, 0.1) is 13.8 Å². The minimum absolute atomic E-state index is 0.0938. The molecule has 0 spiro atoms. The van der Waals surface area contributed by atoms with Crippen molar-refractivity contribution in [2.45, 2.75) is 31.2 Å². The molecule has 0 saturated carbocycles. The van der Waals surface area contributed by atoms with Crippen molar-refractivity contribution in [2.75, 3.05) is 0 Å². The second-order valence-electron chi connectivity index (χ2n) is 5.64. The third-order valence-electron chi connectivity index (χ3n) is 3.92. The molecule has 4 rings (SSSR count). The largest absolute Gasteiger partial charge is 0.464 e. The molecule has 1 N–H and O–H groups in total. The maximum atomic E-state index is 12.6. The van der Waals surface area contributed by atoms with Crippen molar-refractivity contribution >= 4 is 33.3 Å². The summed E-state index contributed by atoms with van der Waals surface area (Å²) in [6, 6.07) is 3.63. The fourth-order valence-corrected chi connectivity index (χ4v) is 4.30. The fraction of sp³-hybridized carbons (Fsp3) is 0.235. The molecule has 4 heterocycles. The molecule has 1 atom stereocenters. The van der Waals surface area contributed by atoms with Crippen LogP contribution in [0.2, 0.25) is 0 Å². The molecule has 0 saturated heterocycles. The molecule has 0 aliphatic carbocycles. The van der Waals surface area contributed by atoms with Gasteiger partial charge in [0.15, 0.2) is 0 Å². The van der Waals surface area contributed by atoms with Gasteiger partial charge in [0.05, 0.1) is 22.6 Å². The topological polar surface area (TPSA) is 84.9 Å². The standard InChI is InChI=1S/C17H15N3O3S2/c1-8-9(2)23-17(18-8)25-10(3)14-19-15(21)13-11(7-24-16(13)20-14)12-5-4-6-22-12/h4-7,10H,1-3H3,(H,19,20,21). The molecule has 128 valence electrons. The van der Waals surface area contributed by atoms with E-state index in [1.165, 1.54) is 23.1 Å².